The fourth-order valence-electron chi connectivity index (χ4n) is 4.64. The Labute approximate surface area is 220 Å². The standard InChI is InChI=1S/C29H30N4O3S/c1-19-13-15-21(16-14-19)36-17-27-30-26(18-37-27)28(34)31-24-10-4-5-11-25(24)33-29(35)32-23-12-6-8-20-7-2-3-9-22(20)23/h2-3,6-9,12-16,18,24-25H,4-5,10-11,17H2,1H3,(H,31,34)(H2,32,33,35)/t24-,25-/m0/s1. The van der Waals surface area contributed by atoms with Crippen LogP contribution in [0.25, 0.3) is 10.8 Å². The van der Waals surface area contributed by atoms with Crippen molar-refractivity contribution in [1.82, 2.24) is 15.6 Å². The van der Waals surface area contributed by atoms with Gasteiger partial charge in [-0.05, 0) is 43.4 Å². The maximum atomic E-state index is 13.0. The van der Waals surface area contributed by atoms with Crippen LogP contribution in [0.3, 0.4) is 0 Å². The lowest BCUT2D eigenvalue weighted by Gasteiger charge is -2.32. The second-order valence-electron chi connectivity index (χ2n) is 9.32. The second kappa shape index (κ2) is 11.4. The number of benzene rings is 3. The van der Waals surface area contributed by atoms with Gasteiger partial charge in [-0.2, -0.15) is 0 Å². The lowest BCUT2D eigenvalue weighted by molar-refractivity contribution is 0.0911. The van der Waals surface area contributed by atoms with Crippen LogP contribution in [0.2, 0.25) is 0 Å². The molecule has 1 aromatic heterocycles. The molecule has 2 atom stereocenters. The van der Waals surface area contributed by atoms with Crippen LogP contribution in [0.1, 0.15) is 46.7 Å². The Hall–Kier alpha value is -3.91. The summed E-state index contributed by atoms with van der Waals surface area (Å²) in [7, 11) is 0. The molecule has 1 heterocycles. The Bertz CT molecular complexity index is 1380. The molecular weight excluding hydrogens is 484 g/mol. The summed E-state index contributed by atoms with van der Waals surface area (Å²) in [6, 6.07) is 21.0. The summed E-state index contributed by atoms with van der Waals surface area (Å²) in [5, 5.41) is 13.7. The summed E-state index contributed by atoms with van der Waals surface area (Å²) in [5.74, 6) is 0.538. The topological polar surface area (TPSA) is 92.3 Å². The zero-order valence-corrected chi connectivity index (χ0v) is 21.5. The number of fused-ring (bicyclic) bond motifs is 1. The van der Waals surface area contributed by atoms with Gasteiger partial charge in [0.15, 0.2) is 0 Å². The number of thiazole rings is 1. The van der Waals surface area contributed by atoms with E-state index in [-0.39, 0.29) is 24.0 Å². The third-order valence-corrected chi connectivity index (χ3v) is 7.43. The molecule has 0 aliphatic heterocycles. The quantitative estimate of drug-likeness (QED) is 0.280. The van der Waals surface area contributed by atoms with E-state index in [0.717, 1.165) is 52.9 Å². The van der Waals surface area contributed by atoms with Gasteiger partial charge in [-0.3, -0.25) is 4.79 Å². The molecule has 1 aliphatic rings. The molecule has 0 saturated heterocycles. The molecule has 4 aromatic rings. The number of aryl methyl sites for hydroxylation is 1. The Morgan fingerprint density at radius 3 is 2.49 bits per heavy atom. The molecule has 8 heteroatoms. The first-order valence-corrected chi connectivity index (χ1v) is 13.4. The van der Waals surface area contributed by atoms with Gasteiger partial charge in [-0.1, -0.05) is 66.9 Å². The van der Waals surface area contributed by atoms with Crippen molar-refractivity contribution in [2.45, 2.75) is 51.3 Å². The van der Waals surface area contributed by atoms with Gasteiger partial charge in [-0.25, -0.2) is 9.78 Å². The lowest BCUT2D eigenvalue weighted by atomic mass is 9.90. The van der Waals surface area contributed by atoms with Crippen molar-refractivity contribution in [3.05, 3.63) is 88.4 Å². The first-order valence-electron chi connectivity index (χ1n) is 12.6. The number of hydrogen-bond donors (Lipinski definition) is 3. The van der Waals surface area contributed by atoms with Gasteiger partial charge in [0.2, 0.25) is 0 Å². The van der Waals surface area contributed by atoms with Crippen molar-refractivity contribution in [3.63, 3.8) is 0 Å². The van der Waals surface area contributed by atoms with E-state index in [9.17, 15) is 9.59 Å². The fraction of sp³-hybridized carbons (Fsp3) is 0.276. The average molecular weight is 515 g/mol. The largest absolute Gasteiger partial charge is 0.486 e. The molecule has 0 radical (unpaired) electrons. The van der Waals surface area contributed by atoms with E-state index in [0.29, 0.717) is 12.3 Å². The molecule has 3 amide bonds. The number of rotatable bonds is 7. The molecule has 5 rings (SSSR count). The maximum absolute atomic E-state index is 13.0. The van der Waals surface area contributed by atoms with Crippen molar-refractivity contribution in [2.75, 3.05) is 5.32 Å². The molecule has 7 nitrogen and oxygen atoms in total. The molecule has 190 valence electrons. The number of amides is 3. The molecule has 1 aliphatic carbocycles. The zero-order chi connectivity index (χ0) is 25.6. The van der Waals surface area contributed by atoms with E-state index < -0.39 is 0 Å². The molecule has 3 N–H and O–H groups in total. The summed E-state index contributed by atoms with van der Waals surface area (Å²) in [4.78, 5) is 30.3. The van der Waals surface area contributed by atoms with Crippen molar-refractivity contribution in [1.29, 1.82) is 0 Å². The number of anilines is 1. The van der Waals surface area contributed by atoms with Gasteiger partial charge in [0.25, 0.3) is 5.91 Å². The van der Waals surface area contributed by atoms with Crippen LogP contribution in [-0.2, 0) is 6.61 Å². The number of carbonyl (C=O) groups is 2. The highest BCUT2D eigenvalue weighted by Crippen LogP contribution is 2.24. The number of nitrogens with zero attached hydrogens (tertiary/aromatic N) is 1. The van der Waals surface area contributed by atoms with Crippen molar-refractivity contribution >= 4 is 39.7 Å². The summed E-state index contributed by atoms with van der Waals surface area (Å²) >= 11 is 1.40. The third-order valence-electron chi connectivity index (χ3n) is 6.60. The van der Waals surface area contributed by atoms with Crippen LogP contribution < -0.4 is 20.7 Å². The molecule has 0 unspecified atom stereocenters. The van der Waals surface area contributed by atoms with Crippen molar-refractivity contribution in [3.8, 4) is 5.75 Å². The Balaban J connectivity index is 1.17. The SMILES string of the molecule is Cc1ccc(OCc2nc(C(=O)N[C@H]3CCCC[C@@H]3NC(=O)Nc3cccc4ccccc34)cs2)cc1. The minimum Gasteiger partial charge on any atom is -0.486 e. The third kappa shape index (κ3) is 6.27. The van der Waals surface area contributed by atoms with E-state index in [1.807, 2.05) is 73.7 Å². The van der Waals surface area contributed by atoms with Crippen molar-refractivity contribution in [2.24, 2.45) is 0 Å². The van der Waals surface area contributed by atoms with Crippen LogP contribution in [0.15, 0.2) is 72.1 Å². The van der Waals surface area contributed by atoms with Crippen LogP contribution in [0.4, 0.5) is 10.5 Å². The fourth-order valence-corrected chi connectivity index (χ4v) is 5.33. The number of hydrogen-bond acceptors (Lipinski definition) is 5. The highest BCUT2D eigenvalue weighted by molar-refractivity contribution is 7.09. The van der Waals surface area contributed by atoms with E-state index in [1.54, 1.807) is 5.38 Å². The summed E-state index contributed by atoms with van der Waals surface area (Å²) in [6.45, 7) is 2.34. The molecule has 1 fully saturated rings. The molecule has 37 heavy (non-hydrogen) atoms. The minimum absolute atomic E-state index is 0.157. The zero-order valence-electron chi connectivity index (χ0n) is 20.7. The summed E-state index contributed by atoms with van der Waals surface area (Å²) in [6.07, 6.45) is 3.61. The monoisotopic (exact) mass is 514 g/mol. The van der Waals surface area contributed by atoms with Crippen molar-refractivity contribution < 1.29 is 14.3 Å². The van der Waals surface area contributed by atoms with E-state index in [4.69, 9.17) is 4.74 Å². The number of carbonyl (C=O) groups excluding carboxylic acids is 2. The first kappa shape index (κ1) is 24.8. The number of aromatic nitrogens is 1. The normalized spacial score (nSPS) is 17.2. The van der Waals surface area contributed by atoms with Crippen LogP contribution in [0, 0.1) is 6.92 Å². The Kier molecular flexibility index (Phi) is 7.65. The minimum atomic E-state index is -0.272. The van der Waals surface area contributed by atoms with Crippen LogP contribution >= 0.6 is 11.3 Å². The molecule has 3 aromatic carbocycles. The predicted molar refractivity (Wildman–Crippen MR) is 147 cm³/mol. The summed E-state index contributed by atoms with van der Waals surface area (Å²) in [5.41, 5.74) is 2.30. The van der Waals surface area contributed by atoms with E-state index in [1.165, 1.54) is 16.9 Å². The predicted octanol–water partition coefficient (Wildman–Crippen LogP) is 6.05. The molecular formula is C29H30N4O3S. The molecule has 1 saturated carbocycles. The highest BCUT2D eigenvalue weighted by atomic mass is 32.1. The van der Waals surface area contributed by atoms with E-state index >= 15 is 0 Å². The van der Waals surface area contributed by atoms with Gasteiger partial charge in [-0.15, -0.1) is 11.3 Å². The second-order valence-corrected chi connectivity index (χ2v) is 10.3. The highest BCUT2D eigenvalue weighted by Gasteiger charge is 2.29. The van der Waals surface area contributed by atoms with E-state index in [2.05, 4.69) is 20.9 Å². The van der Waals surface area contributed by atoms with Gasteiger partial charge in [0.05, 0.1) is 11.7 Å². The van der Waals surface area contributed by atoms with Gasteiger partial charge in [0.1, 0.15) is 23.1 Å². The Morgan fingerprint density at radius 1 is 0.946 bits per heavy atom. The number of ether oxygens (including phenoxy) is 1. The lowest BCUT2D eigenvalue weighted by Crippen LogP contribution is -2.54. The van der Waals surface area contributed by atoms with Gasteiger partial charge < -0.3 is 20.7 Å². The smallest absolute Gasteiger partial charge is 0.319 e. The number of nitrogens with one attached hydrogen (secondary N) is 3. The Morgan fingerprint density at radius 2 is 1.68 bits per heavy atom. The molecule has 0 spiro atoms. The van der Waals surface area contributed by atoms with Crippen LogP contribution in [0.5, 0.6) is 5.75 Å². The van der Waals surface area contributed by atoms with Gasteiger partial charge in [0, 0.05) is 16.8 Å². The maximum Gasteiger partial charge on any atom is 0.319 e. The number of urea groups is 1. The summed E-state index contributed by atoms with van der Waals surface area (Å²) < 4.78 is 5.79. The van der Waals surface area contributed by atoms with Crippen LogP contribution in [-0.4, -0.2) is 29.0 Å². The average Bonchev–Trinajstić information content (AvgIpc) is 3.39. The first-order chi connectivity index (χ1) is 18.0. The molecule has 0 bridgehead atoms. The van der Waals surface area contributed by atoms with Gasteiger partial charge >= 0.3 is 6.03 Å².